The van der Waals surface area contributed by atoms with Crippen molar-refractivity contribution < 1.29 is 32.1 Å². The Bertz CT molecular complexity index is 535. The van der Waals surface area contributed by atoms with Crippen LogP contribution in [0.1, 0.15) is 84.5 Å². The second-order valence-electron chi connectivity index (χ2n) is 8.89. The molecule has 7 nitrogen and oxygen atoms in total. The van der Waals surface area contributed by atoms with E-state index in [0.29, 0.717) is 23.9 Å². The van der Waals surface area contributed by atoms with Crippen LogP contribution in [0, 0.1) is 0 Å². The summed E-state index contributed by atoms with van der Waals surface area (Å²) in [5.74, 6) is -0.957. The van der Waals surface area contributed by atoms with Crippen LogP contribution in [0.4, 0.5) is 0 Å². The number of quaternary nitrogens is 1. The molecule has 0 rings (SSSR count). The molecule has 2 unspecified atom stereocenters. The van der Waals surface area contributed by atoms with Crippen LogP contribution in [0.2, 0.25) is 0 Å². The number of aliphatic hydroxyl groups is 1. The summed E-state index contributed by atoms with van der Waals surface area (Å²) in [6, 6.07) is 0. The third-order valence-corrected chi connectivity index (χ3v) is 5.85. The Morgan fingerprint density at radius 2 is 1.55 bits per heavy atom. The van der Waals surface area contributed by atoms with Crippen LogP contribution < -0.4 is 0 Å². The van der Waals surface area contributed by atoms with Crippen LogP contribution in [0.15, 0.2) is 0 Å². The predicted octanol–water partition coefficient (Wildman–Crippen LogP) is 3.21. The van der Waals surface area contributed by atoms with E-state index in [0.717, 1.165) is 12.8 Å². The highest BCUT2D eigenvalue weighted by Gasteiger charge is 2.23. The molecule has 0 fully saturated rings. The number of nitrogens with zero attached hydrogens (tertiary/aromatic N) is 1. The molecule has 174 valence electrons. The molecule has 0 aromatic rings. The maximum absolute atomic E-state index is 12.0. The van der Waals surface area contributed by atoms with Crippen LogP contribution in [0.25, 0.3) is 0 Å². The van der Waals surface area contributed by atoms with Gasteiger partial charge in [-0.05, 0) is 13.3 Å². The molecule has 0 aromatic heterocycles. The first-order valence-corrected chi connectivity index (χ1v) is 12.7. The van der Waals surface area contributed by atoms with Crippen molar-refractivity contribution in [2.75, 3.05) is 32.9 Å². The van der Waals surface area contributed by atoms with Crippen molar-refractivity contribution in [2.24, 2.45) is 0 Å². The lowest BCUT2D eigenvalue weighted by atomic mass is 10.1. The first kappa shape index (κ1) is 28.3. The Kier molecular flexibility index (Phi) is 14.8. The number of ether oxygens (including phenoxy) is 1. The topological polar surface area (TPSA) is 104 Å². The molecule has 1 N–H and O–H groups in total. The van der Waals surface area contributed by atoms with E-state index in [1.165, 1.54) is 44.9 Å². The van der Waals surface area contributed by atoms with Crippen molar-refractivity contribution in [3.05, 3.63) is 0 Å². The van der Waals surface area contributed by atoms with E-state index in [1.54, 1.807) is 0 Å². The largest absolute Gasteiger partial charge is 0.748 e. The Morgan fingerprint density at radius 1 is 1.03 bits per heavy atom. The highest BCUT2D eigenvalue weighted by molar-refractivity contribution is 7.85. The van der Waals surface area contributed by atoms with Gasteiger partial charge < -0.3 is 18.9 Å². The zero-order chi connectivity index (χ0) is 22.3. The van der Waals surface area contributed by atoms with Crippen LogP contribution >= 0.6 is 0 Å². The Balaban J connectivity index is 3.87. The van der Waals surface area contributed by atoms with E-state index in [9.17, 15) is 22.9 Å². The van der Waals surface area contributed by atoms with E-state index in [4.69, 9.17) is 4.74 Å². The molecule has 0 amide bonds. The van der Waals surface area contributed by atoms with Gasteiger partial charge in [-0.3, -0.25) is 4.79 Å². The maximum atomic E-state index is 12.0. The summed E-state index contributed by atoms with van der Waals surface area (Å²) in [5, 5.41) is 9.76. The van der Waals surface area contributed by atoms with Gasteiger partial charge in [-0.15, -0.1) is 0 Å². The zero-order valence-corrected chi connectivity index (χ0v) is 19.7. The molecule has 0 spiro atoms. The average Bonchev–Trinajstić information content (AvgIpc) is 2.56. The molecule has 0 saturated carbocycles. The fraction of sp³-hybridized carbons (Fsp3) is 0.952. The number of hydrogen-bond donors (Lipinski definition) is 1. The molecule has 0 aromatic carbocycles. The normalized spacial score (nSPS) is 14.6. The molecular weight excluding hydrogens is 394 g/mol. The molecule has 0 aliphatic carbocycles. The van der Waals surface area contributed by atoms with Crippen LogP contribution in [-0.2, 0) is 19.6 Å². The smallest absolute Gasteiger partial charge is 0.306 e. The molecule has 0 aliphatic heterocycles. The second-order valence-corrected chi connectivity index (χ2v) is 10.3. The summed E-state index contributed by atoms with van der Waals surface area (Å²) in [7, 11) is -0.753. The molecule has 0 saturated heterocycles. The van der Waals surface area contributed by atoms with Gasteiger partial charge in [-0.2, -0.15) is 0 Å². The number of carbonyl (C=O) groups is 1. The minimum absolute atomic E-state index is 0.153. The fourth-order valence-corrected chi connectivity index (χ4v) is 3.98. The molecule has 2 atom stereocenters. The molecule has 0 radical (unpaired) electrons. The summed E-state index contributed by atoms with van der Waals surface area (Å²) < 4.78 is 38.0. The Hall–Kier alpha value is -0.700. The molecule has 0 bridgehead atoms. The van der Waals surface area contributed by atoms with Crippen molar-refractivity contribution in [1.82, 2.24) is 0 Å². The third-order valence-electron chi connectivity index (χ3n) is 5.06. The van der Waals surface area contributed by atoms with Crippen molar-refractivity contribution in [2.45, 2.75) is 96.7 Å². The summed E-state index contributed by atoms with van der Waals surface area (Å²) in [6.45, 7) is 4.81. The van der Waals surface area contributed by atoms with Gasteiger partial charge in [-0.1, -0.05) is 58.3 Å². The average molecular weight is 438 g/mol. The SMILES string of the molecule is CCCCCCCCCCCC(=O)OC(C)CC[N+](C)(C)CC(O)CS(=O)(=O)[O-]. The minimum atomic E-state index is -4.44. The number of unbranched alkanes of at least 4 members (excludes halogenated alkanes) is 8. The van der Waals surface area contributed by atoms with Gasteiger partial charge in [0.25, 0.3) is 0 Å². The predicted molar refractivity (Wildman–Crippen MR) is 114 cm³/mol. The van der Waals surface area contributed by atoms with Crippen molar-refractivity contribution in [1.29, 1.82) is 0 Å². The Labute approximate surface area is 178 Å². The first-order chi connectivity index (χ1) is 13.4. The van der Waals surface area contributed by atoms with E-state index < -0.39 is 22.0 Å². The lowest BCUT2D eigenvalue weighted by Crippen LogP contribution is -2.48. The number of esters is 1. The molecule has 0 aliphatic rings. The molecule has 8 heteroatoms. The van der Waals surface area contributed by atoms with E-state index in [-0.39, 0.29) is 18.6 Å². The van der Waals surface area contributed by atoms with Gasteiger partial charge in [0.15, 0.2) is 0 Å². The van der Waals surface area contributed by atoms with Crippen molar-refractivity contribution in [3.63, 3.8) is 0 Å². The number of hydrogen-bond acceptors (Lipinski definition) is 6. The highest BCUT2D eigenvalue weighted by Crippen LogP contribution is 2.12. The quantitative estimate of drug-likeness (QED) is 0.153. The first-order valence-electron chi connectivity index (χ1n) is 11.1. The van der Waals surface area contributed by atoms with Gasteiger partial charge >= 0.3 is 5.97 Å². The van der Waals surface area contributed by atoms with Crippen LogP contribution in [-0.4, -0.2) is 73.7 Å². The van der Waals surface area contributed by atoms with Crippen LogP contribution in [0.3, 0.4) is 0 Å². The van der Waals surface area contributed by atoms with E-state index in [2.05, 4.69) is 6.92 Å². The monoisotopic (exact) mass is 437 g/mol. The maximum Gasteiger partial charge on any atom is 0.306 e. The van der Waals surface area contributed by atoms with Gasteiger partial charge in [0.05, 0.1) is 36.5 Å². The third kappa shape index (κ3) is 19.0. The number of carbonyl (C=O) groups excluding carboxylic acids is 1. The lowest BCUT2D eigenvalue weighted by Gasteiger charge is -2.33. The van der Waals surface area contributed by atoms with Gasteiger partial charge in [0.1, 0.15) is 18.8 Å². The lowest BCUT2D eigenvalue weighted by molar-refractivity contribution is -0.893. The molecule has 29 heavy (non-hydrogen) atoms. The zero-order valence-electron chi connectivity index (χ0n) is 18.9. The number of likely N-dealkylation sites (N-methyl/N-ethyl adjacent to an activating group) is 1. The summed E-state index contributed by atoms with van der Waals surface area (Å²) in [4.78, 5) is 12.0. The number of rotatable bonds is 18. The summed E-state index contributed by atoms with van der Waals surface area (Å²) in [5.41, 5.74) is 0. The van der Waals surface area contributed by atoms with Crippen molar-refractivity contribution >= 4 is 16.1 Å². The standard InChI is InChI=1S/C21H43NO6S/c1-5-6-7-8-9-10-11-12-13-14-21(24)28-19(2)15-16-22(3,4)17-20(23)18-29(25,26)27/h19-20,23H,5-18H2,1-4H3. The highest BCUT2D eigenvalue weighted by atomic mass is 32.2. The molecule has 0 heterocycles. The van der Waals surface area contributed by atoms with Crippen LogP contribution in [0.5, 0.6) is 0 Å². The number of aliphatic hydroxyl groups excluding tert-OH is 1. The van der Waals surface area contributed by atoms with Gasteiger partial charge in [0.2, 0.25) is 0 Å². The Morgan fingerprint density at radius 3 is 2.07 bits per heavy atom. The molecular formula is C21H43NO6S. The van der Waals surface area contributed by atoms with E-state index >= 15 is 0 Å². The van der Waals surface area contributed by atoms with Gasteiger partial charge in [-0.25, -0.2) is 8.42 Å². The van der Waals surface area contributed by atoms with Gasteiger partial charge in [0, 0.05) is 12.8 Å². The van der Waals surface area contributed by atoms with E-state index in [1.807, 2.05) is 21.0 Å². The van der Waals surface area contributed by atoms with Crippen molar-refractivity contribution in [3.8, 4) is 0 Å². The summed E-state index contributed by atoms with van der Waals surface area (Å²) >= 11 is 0. The fourth-order valence-electron chi connectivity index (χ4n) is 3.40. The minimum Gasteiger partial charge on any atom is -0.748 e. The summed E-state index contributed by atoms with van der Waals surface area (Å²) in [6.07, 6.45) is 10.4. The second kappa shape index (κ2) is 15.2.